The predicted molar refractivity (Wildman–Crippen MR) is 64.5 cm³/mol. The summed E-state index contributed by atoms with van der Waals surface area (Å²) in [6.45, 7) is 5.46. The average Bonchev–Trinajstić information content (AvgIpc) is 2.14. The average molecular weight is 221 g/mol. The van der Waals surface area contributed by atoms with Crippen LogP contribution in [0, 0.1) is 5.41 Å². The first-order valence-corrected chi connectivity index (χ1v) is 5.04. The summed E-state index contributed by atoms with van der Waals surface area (Å²) in [5.74, 6) is -0.0295. The van der Waals surface area contributed by atoms with Gasteiger partial charge in [-0.25, -0.2) is 0 Å². The molecule has 0 spiro atoms. The summed E-state index contributed by atoms with van der Waals surface area (Å²) >= 11 is 0. The molecule has 1 rings (SSSR count). The molecule has 0 bridgehead atoms. The van der Waals surface area contributed by atoms with Gasteiger partial charge < -0.3 is 15.8 Å². The van der Waals surface area contributed by atoms with Crippen molar-refractivity contribution in [2.45, 2.75) is 20.8 Å². The Kier molecular flexibility index (Phi) is 3.40. The normalized spacial score (nSPS) is 11.3. The Morgan fingerprint density at radius 2 is 1.88 bits per heavy atom. The van der Waals surface area contributed by atoms with Crippen LogP contribution in [0.4, 0.5) is 5.69 Å². The molecule has 0 heterocycles. The van der Waals surface area contributed by atoms with Gasteiger partial charge in [-0.2, -0.15) is 0 Å². The number of Topliss-reactive ketones (excluding diaryl/α,β-unsaturated/α-hetero) is 1. The fourth-order valence-corrected chi connectivity index (χ4v) is 1.38. The van der Waals surface area contributed by atoms with E-state index in [1.807, 2.05) is 20.8 Å². The summed E-state index contributed by atoms with van der Waals surface area (Å²) < 4.78 is 0. The number of benzene rings is 1. The highest BCUT2D eigenvalue weighted by Gasteiger charge is 2.24. The van der Waals surface area contributed by atoms with E-state index in [9.17, 15) is 4.79 Å². The molecule has 0 radical (unpaired) electrons. The predicted octanol–water partition coefficient (Wildman–Crippen LogP) is 0.177. The largest absolute Gasteiger partial charge is 0.490 e. The lowest BCUT2D eigenvalue weighted by Crippen LogP contribution is -2.33. The number of ketones is 1. The second kappa shape index (κ2) is 4.27. The maximum absolute atomic E-state index is 11.9. The van der Waals surface area contributed by atoms with E-state index in [0.29, 0.717) is 5.56 Å². The Bertz CT molecular complexity index is 410. The van der Waals surface area contributed by atoms with E-state index in [-0.39, 0.29) is 16.9 Å². The van der Waals surface area contributed by atoms with Crippen LogP contribution in [0.5, 0.6) is 0 Å². The maximum Gasteiger partial charge on any atom is 0.490 e. The molecule has 0 amide bonds. The summed E-state index contributed by atoms with van der Waals surface area (Å²) in [6, 6.07) is 4.49. The number of anilines is 1. The summed E-state index contributed by atoms with van der Waals surface area (Å²) in [6.07, 6.45) is 0. The fraction of sp³-hybridized carbons (Fsp3) is 0.364. The molecule has 16 heavy (non-hydrogen) atoms. The maximum atomic E-state index is 11.9. The molecule has 4 N–H and O–H groups in total. The quantitative estimate of drug-likeness (QED) is 0.378. The lowest BCUT2D eigenvalue weighted by molar-refractivity contribution is 0.0858. The van der Waals surface area contributed by atoms with Crippen molar-refractivity contribution in [1.82, 2.24) is 0 Å². The van der Waals surface area contributed by atoms with Crippen molar-refractivity contribution in [1.29, 1.82) is 0 Å². The molecule has 0 aliphatic heterocycles. The third-order valence-corrected chi connectivity index (χ3v) is 2.31. The van der Waals surface area contributed by atoms with Crippen molar-refractivity contribution in [3.05, 3.63) is 23.8 Å². The third-order valence-electron chi connectivity index (χ3n) is 2.31. The van der Waals surface area contributed by atoms with Crippen LogP contribution in [-0.4, -0.2) is 22.9 Å². The van der Waals surface area contributed by atoms with Crippen molar-refractivity contribution in [3.63, 3.8) is 0 Å². The smallest absolute Gasteiger partial charge is 0.423 e. The second-order valence-corrected chi connectivity index (χ2v) is 4.80. The van der Waals surface area contributed by atoms with Gasteiger partial charge in [0.2, 0.25) is 0 Å². The third kappa shape index (κ3) is 2.62. The molecule has 0 unspecified atom stereocenters. The molecule has 1 aromatic carbocycles. The number of nitrogens with two attached hydrogens (primary N) is 1. The van der Waals surface area contributed by atoms with Crippen molar-refractivity contribution < 1.29 is 14.8 Å². The van der Waals surface area contributed by atoms with Crippen LogP contribution in [-0.2, 0) is 0 Å². The number of nitrogen functional groups attached to an aromatic ring is 1. The molecule has 0 saturated carbocycles. The zero-order valence-corrected chi connectivity index (χ0v) is 9.69. The molecule has 0 aromatic heterocycles. The van der Waals surface area contributed by atoms with Crippen LogP contribution in [0.25, 0.3) is 0 Å². The van der Waals surface area contributed by atoms with Crippen LogP contribution in [0.1, 0.15) is 31.1 Å². The molecule has 0 aliphatic carbocycles. The Labute approximate surface area is 95.2 Å². The molecule has 0 saturated heterocycles. The Morgan fingerprint density at radius 1 is 1.31 bits per heavy atom. The minimum absolute atomic E-state index is 0.0295. The minimum Gasteiger partial charge on any atom is -0.423 e. The zero-order valence-electron chi connectivity index (χ0n) is 9.69. The van der Waals surface area contributed by atoms with E-state index in [4.69, 9.17) is 15.8 Å². The summed E-state index contributed by atoms with van der Waals surface area (Å²) in [5.41, 5.74) is 6.06. The first-order chi connectivity index (χ1) is 7.23. The van der Waals surface area contributed by atoms with Crippen molar-refractivity contribution >= 4 is 24.1 Å². The van der Waals surface area contributed by atoms with Gasteiger partial charge in [-0.3, -0.25) is 4.79 Å². The minimum atomic E-state index is -1.61. The standard InChI is InChI=1S/C11H16BNO3/c1-11(2,3)10(14)7-4-5-8(12(15)16)9(13)6-7/h4-6,15-16H,13H2,1-3H3. The number of rotatable bonds is 2. The second-order valence-electron chi connectivity index (χ2n) is 4.80. The van der Waals surface area contributed by atoms with Gasteiger partial charge >= 0.3 is 7.12 Å². The zero-order chi connectivity index (χ0) is 12.5. The van der Waals surface area contributed by atoms with Crippen LogP contribution in [0.2, 0.25) is 0 Å². The molecule has 0 atom stereocenters. The highest BCUT2D eigenvalue weighted by atomic mass is 16.4. The first kappa shape index (κ1) is 12.7. The van der Waals surface area contributed by atoms with Gasteiger partial charge in [-0.05, 0) is 6.07 Å². The molecule has 0 fully saturated rings. The number of hydrogen-bond donors (Lipinski definition) is 3. The van der Waals surface area contributed by atoms with Gasteiger partial charge in [0.05, 0.1) is 0 Å². The van der Waals surface area contributed by atoms with Gasteiger partial charge in [0.25, 0.3) is 0 Å². The monoisotopic (exact) mass is 221 g/mol. The lowest BCUT2D eigenvalue weighted by Gasteiger charge is -2.17. The van der Waals surface area contributed by atoms with Gasteiger partial charge in [-0.15, -0.1) is 0 Å². The van der Waals surface area contributed by atoms with Crippen molar-refractivity contribution in [2.75, 3.05) is 5.73 Å². The van der Waals surface area contributed by atoms with Crippen LogP contribution in [0.3, 0.4) is 0 Å². The SMILES string of the molecule is CC(C)(C)C(=O)c1ccc(B(O)O)c(N)c1. The van der Waals surface area contributed by atoms with Crippen molar-refractivity contribution in [3.8, 4) is 0 Å². The molecular weight excluding hydrogens is 205 g/mol. The summed E-state index contributed by atoms with van der Waals surface area (Å²) in [7, 11) is -1.61. The van der Waals surface area contributed by atoms with E-state index in [1.165, 1.54) is 12.1 Å². The van der Waals surface area contributed by atoms with E-state index in [1.54, 1.807) is 6.07 Å². The van der Waals surface area contributed by atoms with E-state index >= 15 is 0 Å². The highest BCUT2D eigenvalue weighted by Crippen LogP contribution is 2.21. The van der Waals surface area contributed by atoms with Crippen LogP contribution < -0.4 is 11.2 Å². The van der Waals surface area contributed by atoms with Gasteiger partial charge in [0.1, 0.15) is 0 Å². The Balaban J connectivity index is 3.12. The molecule has 5 heteroatoms. The Hall–Kier alpha value is -1.33. The fourth-order valence-electron chi connectivity index (χ4n) is 1.38. The topological polar surface area (TPSA) is 83.5 Å². The Morgan fingerprint density at radius 3 is 2.25 bits per heavy atom. The van der Waals surface area contributed by atoms with E-state index in [2.05, 4.69) is 0 Å². The number of carbonyl (C=O) groups excluding carboxylic acids is 1. The van der Waals surface area contributed by atoms with Crippen molar-refractivity contribution in [2.24, 2.45) is 5.41 Å². The number of hydrogen-bond acceptors (Lipinski definition) is 4. The summed E-state index contributed by atoms with van der Waals surface area (Å²) in [4.78, 5) is 11.9. The summed E-state index contributed by atoms with van der Waals surface area (Å²) in [5, 5.41) is 18.0. The van der Waals surface area contributed by atoms with Gasteiger partial charge in [0, 0.05) is 22.1 Å². The molecule has 0 aliphatic rings. The molecule has 86 valence electrons. The molecule has 1 aromatic rings. The van der Waals surface area contributed by atoms with Gasteiger partial charge in [0.15, 0.2) is 5.78 Å². The van der Waals surface area contributed by atoms with Crippen LogP contribution >= 0.6 is 0 Å². The van der Waals surface area contributed by atoms with Gasteiger partial charge in [-0.1, -0.05) is 32.9 Å². The van der Waals surface area contributed by atoms with Crippen LogP contribution in [0.15, 0.2) is 18.2 Å². The first-order valence-electron chi connectivity index (χ1n) is 5.04. The molecule has 4 nitrogen and oxygen atoms in total. The number of carbonyl (C=O) groups is 1. The molecular formula is C11H16BNO3. The van der Waals surface area contributed by atoms with E-state index < -0.39 is 12.5 Å². The highest BCUT2D eigenvalue weighted by molar-refractivity contribution is 6.60. The van der Waals surface area contributed by atoms with E-state index in [0.717, 1.165) is 0 Å². The lowest BCUT2D eigenvalue weighted by atomic mass is 9.77.